The maximum absolute atomic E-state index is 12.7. The Morgan fingerprint density at radius 1 is 1.13 bits per heavy atom. The average Bonchev–Trinajstić information content (AvgIpc) is 2.93. The lowest BCUT2D eigenvalue weighted by molar-refractivity contribution is -0.192. The van der Waals surface area contributed by atoms with Crippen molar-refractivity contribution in [3.63, 3.8) is 0 Å². The second-order valence-electron chi connectivity index (χ2n) is 9.70. The number of pyridine rings is 1. The predicted molar refractivity (Wildman–Crippen MR) is 139 cm³/mol. The van der Waals surface area contributed by atoms with Gasteiger partial charge in [0.1, 0.15) is 5.82 Å². The van der Waals surface area contributed by atoms with Crippen molar-refractivity contribution >= 4 is 35.3 Å². The first-order chi connectivity index (χ1) is 18.6. The monoisotopic (exact) mass is 542 g/mol. The normalized spacial score (nSPS) is 18.5. The number of carbonyl (C=O) groups excluding carboxylic acids is 2. The Bertz CT molecular complexity index is 1290. The quantitative estimate of drug-likeness (QED) is 0.508. The molecule has 3 aliphatic rings. The molecule has 4 heterocycles. The van der Waals surface area contributed by atoms with Crippen LogP contribution in [-0.4, -0.2) is 65.1 Å². The molecule has 8 nitrogen and oxygen atoms in total. The standard InChI is InChI=1S/C26H28N4O2.C2HF3O2/c31-23(30-14-8-21(9-15-30)20-4-2-1-3-5-20)7-6-19-16-22-17-26(10-12-27-13-11-26)25(32)29-24(22)28-18-19;3-2(4,5)1(6)7/h1-8,16,18,27H,9-15,17H2,(H,28,29,32);(H,6,7)/b7-6+;. The van der Waals surface area contributed by atoms with Crippen LogP contribution in [0.5, 0.6) is 0 Å². The number of carboxylic acids is 1. The number of nitrogens with zero attached hydrogens (tertiary/aromatic N) is 2. The number of fused-ring (bicyclic) bond motifs is 1. The van der Waals surface area contributed by atoms with Crippen LogP contribution in [0.1, 0.15) is 36.0 Å². The SMILES string of the molecule is O=C(/C=C/c1cnc2c(c1)CC1(CCNCC1)C(=O)N2)N1CC=C(c2ccccc2)CC1.O=C(O)C(F)(F)F. The highest BCUT2D eigenvalue weighted by Crippen LogP contribution is 2.39. The van der Waals surface area contributed by atoms with Gasteiger partial charge >= 0.3 is 12.1 Å². The van der Waals surface area contributed by atoms with E-state index in [0.29, 0.717) is 18.8 Å². The number of carbonyl (C=O) groups is 3. The van der Waals surface area contributed by atoms with E-state index < -0.39 is 12.1 Å². The van der Waals surface area contributed by atoms with E-state index in [9.17, 15) is 22.8 Å². The lowest BCUT2D eigenvalue weighted by atomic mass is 9.71. The van der Waals surface area contributed by atoms with Crippen LogP contribution < -0.4 is 10.6 Å². The van der Waals surface area contributed by atoms with Crippen molar-refractivity contribution < 1.29 is 32.7 Å². The average molecular weight is 543 g/mol. The largest absolute Gasteiger partial charge is 0.490 e. The fraction of sp³-hybridized carbons (Fsp3) is 0.357. The summed E-state index contributed by atoms with van der Waals surface area (Å²) in [5.41, 5.74) is 4.12. The molecule has 39 heavy (non-hydrogen) atoms. The van der Waals surface area contributed by atoms with Crippen molar-refractivity contribution in [1.29, 1.82) is 0 Å². The molecule has 2 amide bonds. The maximum atomic E-state index is 12.7. The third-order valence-electron chi connectivity index (χ3n) is 7.12. The zero-order valence-electron chi connectivity index (χ0n) is 21.1. The number of piperidine rings is 1. The summed E-state index contributed by atoms with van der Waals surface area (Å²) in [7, 11) is 0. The molecule has 3 aliphatic heterocycles. The highest BCUT2D eigenvalue weighted by atomic mass is 19.4. The van der Waals surface area contributed by atoms with E-state index in [1.807, 2.05) is 29.2 Å². The van der Waals surface area contributed by atoms with Gasteiger partial charge in [-0.25, -0.2) is 9.78 Å². The third-order valence-corrected chi connectivity index (χ3v) is 7.12. The molecule has 0 bridgehead atoms. The number of anilines is 1. The summed E-state index contributed by atoms with van der Waals surface area (Å²) in [5, 5.41) is 13.5. The minimum absolute atomic E-state index is 0.00853. The van der Waals surface area contributed by atoms with Gasteiger partial charge < -0.3 is 20.6 Å². The summed E-state index contributed by atoms with van der Waals surface area (Å²) < 4.78 is 31.7. The number of hydrogen-bond acceptors (Lipinski definition) is 5. The number of aliphatic carboxylic acids is 1. The number of benzene rings is 1. The van der Waals surface area contributed by atoms with E-state index in [2.05, 4.69) is 39.9 Å². The molecule has 0 aliphatic carbocycles. The van der Waals surface area contributed by atoms with Gasteiger partial charge in [0.25, 0.3) is 0 Å². The Hall–Kier alpha value is -3.99. The van der Waals surface area contributed by atoms with Gasteiger partial charge in [-0.05, 0) is 73.2 Å². The summed E-state index contributed by atoms with van der Waals surface area (Å²) in [6.07, 6.45) is 5.48. The maximum Gasteiger partial charge on any atom is 0.490 e. The molecule has 1 fully saturated rings. The van der Waals surface area contributed by atoms with Crippen LogP contribution >= 0.6 is 0 Å². The van der Waals surface area contributed by atoms with Crippen LogP contribution in [0.2, 0.25) is 0 Å². The zero-order chi connectivity index (χ0) is 28.0. The molecule has 3 N–H and O–H groups in total. The van der Waals surface area contributed by atoms with Crippen molar-refractivity contribution in [3.05, 3.63) is 71.4 Å². The molecule has 1 spiro atoms. The van der Waals surface area contributed by atoms with Crippen LogP contribution in [0, 0.1) is 5.41 Å². The summed E-state index contributed by atoms with van der Waals surface area (Å²) >= 11 is 0. The van der Waals surface area contributed by atoms with Crippen molar-refractivity contribution in [2.45, 2.75) is 31.9 Å². The van der Waals surface area contributed by atoms with E-state index in [-0.39, 0.29) is 17.2 Å². The second kappa shape index (κ2) is 11.8. The molecule has 0 unspecified atom stereocenters. The van der Waals surface area contributed by atoms with Gasteiger partial charge in [-0.15, -0.1) is 0 Å². The lowest BCUT2D eigenvalue weighted by Gasteiger charge is -2.39. The van der Waals surface area contributed by atoms with Crippen molar-refractivity contribution in [2.75, 3.05) is 31.5 Å². The predicted octanol–water partition coefficient (Wildman–Crippen LogP) is 3.91. The molecule has 0 saturated carbocycles. The van der Waals surface area contributed by atoms with Gasteiger partial charge in [0, 0.05) is 25.4 Å². The Labute approximate surface area is 223 Å². The van der Waals surface area contributed by atoms with Gasteiger partial charge in [-0.1, -0.05) is 36.4 Å². The molecule has 206 valence electrons. The summed E-state index contributed by atoms with van der Waals surface area (Å²) in [6.45, 7) is 3.06. The summed E-state index contributed by atoms with van der Waals surface area (Å²) in [5.74, 6) is -2.01. The topological polar surface area (TPSA) is 112 Å². The number of amides is 2. The number of alkyl halides is 3. The van der Waals surface area contributed by atoms with Crippen LogP contribution in [0.4, 0.5) is 19.0 Å². The minimum Gasteiger partial charge on any atom is -0.475 e. The van der Waals surface area contributed by atoms with Crippen LogP contribution in [-0.2, 0) is 20.8 Å². The Morgan fingerprint density at radius 3 is 2.44 bits per heavy atom. The smallest absolute Gasteiger partial charge is 0.475 e. The van der Waals surface area contributed by atoms with Crippen LogP contribution in [0.25, 0.3) is 11.6 Å². The number of carboxylic acid groups (broad SMARTS) is 1. The van der Waals surface area contributed by atoms with Gasteiger partial charge in [0.2, 0.25) is 11.8 Å². The van der Waals surface area contributed by atoms with Crippen LogP contribution in [0.3, 0.4) is 0 Å². The Morgan fingerprint density at radius 2 is 1.82 bits per heavy atom. The highest BCUT2D eigenvalue weighted by Gasteiger charge is 2.43. The van der Waals surface area contributed by atoms with E-state index in [1.165, 1.54) is 11.1 Å². The lowest BCUT2D eigenvalue weighted by Crippen LogP contribution is -2.48. The van der Waals surface area contributed by atoms with Gasteiger partial charge in [0.15, 0.2) is 0 Å². The number of hydrogen-bond donors (Lipinski definition) is 3. The van der Waals surface area contributed by atoms with E-state index in [1.54, 1.807) is 12.3 Å². The molecule has 0 atom stereocenters. The summed E-state index contributed by atoms with van der Waals surface area (Å²) in [6, 6.07) is 12.4. The van der Waals surface area contributed by atoms with Gasteiger partial charge in [-0.3, -0.25) is 9.59 Å². The number of halogens is 3. The first-order valence-corrected chi connectivity index (χ1v) is 12.6. The van der Waals surface area contributed by atoms with Crippen molar-refractivity contribution in [1.82, 2.24) is 15.2 Å². The molecule has 1 saturated heterocycles. The fourth-order valence-corrected chi connectivity index (χ4v) is 4.92. The Balaban J connectivity index is 0.000000448. The van der Waals surface area contributed by atoms with Crippen molar-refractivity contribution in [3.8, 4) is 0 Å². The Kier molecular flexibility index (Phi) is 8.49. The second-order valence-corrected chi connectivity index (χ2v) is 9.70. The van der Waals surface area contributed by atoms with Gasteiger partial charge in [0.05, 0.1) is 5.41 Å². The fourth-order valence-electron chi connectivity index (χ4n) is 4.92. The summed E-state index contributed by atoms with van der Waals surface area (Å²) in [4.78, 5) is 40.6. The van der Waals surface area contributed by atoms with E-state index in [4.69, 9.17) is 9.90 Å². The molecule has 1 aromatic heterocycles. The molecular formula is C28H29F3N4O4. The van der Waals surface area contributed by atoms with E-state index >= 15 is 0 Å². The van der Waals surface area contributed by atoms with Crippen molar-refractivity contribution in [2.24, 2.45) is 5.41 Å². The first-order valence-electron chi connectivity index (χ1n) is 12.6. The molecular weight excluding hydrogens is 513 g/mol. The first kappa shape index (κ1) is 28.0. The molecule has 1 aromatic carbocycles. The molecule has 5 rings (SSSR count). The van der Waals surface area contributed by atoms with Crippen LogP contribution in [0.15, 0.2) is 54.7 Å². The number of aromatic nitrogens is 1. The number of rotatable bonds is 3. The van der Waals surface area contributed by atoms with E-state index in [0.717, 1.165) is 50.0 Å². The number of nitrogens with one attached hydrogen (secondary N) is 2. The minimum atomic E-state index is -5.08. The molecule has 11 heteroatoms. The molecule has 2 aromatic rings. The van der Waals surface area contributed by atoms with Gasteiger partial charge in [-0.2, -0.15) is 13.2 Å². The third kappa shape index (κ3) is 6.91. The molecule has 0 radical (unpaired) electrons. The zero-order valence-corrected chi connectivity index (χ0v) is 21.1. The highest BCUT2D eigenvalue weighted by molar-refractivity contribution is 5.98.